The zero-order valence-corrected chi connectivity index (χ0v) is 10.8. The van der Waals surface area contributed by atoms with Crippen molar-refractivity contribution in [1.82, 2.24) is 5.32 Å². The number of amides is 1. The van der Waals surface area contributed by atoms with E-state index in [-0.39, 0.29) is 17.8 Å². The van der Waals surface area contributed by atoms with Crippen LogP contribution in [0, 0.1) is 11.7 Å². The van der Waals surface area contributed by atoms with E-state index >= 15 is 0 Å². The molecular formula is C14H19FN2O. The quantitative estimate of drug-likeness (QED) is 0.891. The lowest BCUT2D eigenvalue weighted by Gasteiger charge is -2.26. The van der Waals surface area contributed by atoms with Crippen molar-refractivity contribution < 1.29 is 9.18 Å². The molecule has 0 radical (unpaired) electrons. The van der Waals surface area contributed by atoms with E-state index in [1.54, 1.807) is 18.2 Å². The van der Waals surface area contributed by atoms with E-state index in [2.05, 4.69) is 12.2 Å². The number of para-hydroxylation sites is 1. The third-order valence-corrected chi connectivity index (χ3v) is 3.52. The molecule has 0 spiro atoms. The van der Waals surface area contributed by atoms with Crippen LogP contribution in [0.1, 0.15) is 20.3 Å². The Labute approximate surface area is 107 Å². The van der Waals surface area contributed by atoms with Gasteiger partial charge < -0.3 is 10.2 Å². The molecule has 98 valence electrons. The summed E-state index contributed by atoms with van der Waals surface area (Å²) >= 11 is 0. The highest BCUT2D eigenvalue weighted by Crippen LogP contribution is 2.23. The maximum Gasteiger partial charge on any atom is 0.244 e. The molecule has 0 bridgehead atoms. The summed E-state index contributed by atoms with van der Waals surface area (Å²) in [6, 6.07) is 6.23. The maximum atomic E-state index is 13.8. The Morgan fingerprint density at radius 3 is 2.78 bits per heavy atom. The molecule has 1 fully saturated rings. The summed E-state index contributed by atoms with van der Waals surface area (Å²) in [6.45, 7) is 5.25. The average molecular weight is 250 g/mol. The van der Waals surface area contributed by atoms with Crippen molar-refractivity contribution in [2.45, 2.75) is 26.3 Å². The smallest absolute Gasteiger partial charge is 0.244 e. The molecule has 18 heavy (non-hydrogen) atoms. The Kier molecular flexibility index (Phi) is 3.97. The van der Waals surface area contributed by atoms with Gasteiger partial charge in [0.1, 0.15) is 5.82 Å². The standard InChI is InChI=1S/C14H19FN2O/c1-3-17(12-7-5-4-6-11(12)15)14(18)13-10(2)8-9-16-13/h4-7,10,13,16H,3,8-9H2,1-2H3. The number of hydrogen-bond donors (Lipinski definition) is 1. The molecule has 0 aliphatic carbocycles. The minimum absolute atomic E-state index is 0.0346. The maximum absolute atomic E-state index is 13.8. The Bertz CT molecular complexity index is 436. The number of rotatable bonds is 3. The van der Waals surface area contributed by atoms with Gasteiger partial charge in [-0.15, -0.1) is 0 Å². The van der Waals surface area contributed by atoms with Gasteiger partial charge in [0.15, 0.2) is 0 Å². The van der Waals surface area contributed by atoms with Gasteiger partial charge in [0, 0.05) is 6.54 Å². The largest absolute Gasteiger partial charge is 0.309 e. The lowest BCUT2D eigenvalue weighted by Crippen LogP contribution is -2.46. The first-order valence-corrected chi connectivity index (χ1v) is 6.44. The first-order valence-electron chi connectivity index (χ1n) is 6.44. The van der Waals surface area contributed by atoms with Gasteiger partial charge in [0.05, 0.1) is 11.7 Å². The number of nitrogens with one attached hydrogen (secondary N) is 1. The van der Waals surface area contributed by atoms with Crippen LogP contribution >= 0.6 is 0 Å². The highest BCUT2D eigenvalue weighted by Gasteiger charge is 2.33. The van der Waals surface area contributed by atoms with E-state index < -0.39 is 0 Å². The molecule has 4 heteroatoms. The highest BCUT2D eigenvalue weighted by atomic mass is 19.1. The van der Waals surface area contributed by atoms with Crippen LogP contribution in [0.2, 0.25) is 0 Å². The number of benzene rings is 1. The summed E-state index contributed by atoms with van der Waals surface area (Å²) in [7, 11) is 0. The summed E-state index contributed by atoms with van der Waals surface area (Å²) in [5, 5.41) is 3.20. The van der Waals surface area contributed by atoms with Crippen molar-refractivity contribution in [3.05, 3.63) is 30.1 Å². The van der Waals surface area contributed by atoms with Crippen LogP contribution in [0.25, 0.3) is 0 Å². The number of anilines is 1. The van der Waals surface area contributed by atoms with Gasteiger partial charge in [-0.3, -0.25) is 4.79 Å². The third kappa shape index (κ3) is 2.38. The molecule has 2 rings (SSSR count). The Morgan fingerprint density at radius 2 is 2.22 bits per heavy atom. The number of nitrogens with zero attached hydrogens (tertiary/aromatic N) is 1. The van der Waals surface area contributed by atoms with E-state index in [4.69, 9.17) is 0 Å². The van der Waals surface area contributed by atoms with Crippen molar-refractivity contribution in [3.8, 4) is 0 Å². The fraction of sp³-hybridized carbons (Fsp3) is 0.500. The summed E-state index contributed by atoms with van der Waals surface area (Å²) in [5.41, 5.74) is 0.367. The van der Waals surface area contributed by atoms with Crippen LogP contribution in [0.15, 0.2) is 24.3 Å². The van der Waals surface area contributed by atoms with Gasteiger partial charge in [-0.1, -0.05) is 19.1 Å². The van der Waals surface area contributed by atoms with Crippen molar-refractivity contribution in [1.29, 1.82) is 0 Å². The lowest BCUT2D eigenvalue weighted by molar-refractivity contribution is -0.121. The first kappa shape index (κ1) is 13.0. The van der Waals surface area contributed by atoms with E-state index in [1.807, 2.05) is 6.92 Å². The zero-order chi connectivity index (χ0) is 13.1. The minimum Gasteiger partial charge on any atom is -0.309 e. The Hall–Kier alpha value is -1.42. The molecule has 1 aromatic carbocycles. The van der Waals surface area contributed by atoms with Crippen LogP contribution in [-0.4, -0.2) is 25.0 Å². The second kappa shape index (κ2) is 5.48. The van der Waals surface area contributed by atoms with Gasteiger partial charge in [-0.05, 0) is 37.9 Å². The van der Waals surface area contributed by atoms with E-state index in [0.717, 1.165) is 13.0 Å². The van der Waals surface area contributed by atoms with Crippen LogP contribution in [0.5, 0.6) is 0 Å². The van der Waals surface area contributed by atoms with E-state index in [1.165, 1.54) is 11.0 Å². The van der Waals surface area contributed by atoms with Gasteiger partial charge in [0.2, 0.25) is 5.91 Å². The Balaban J connectivity index is 2.23. The summed E-state index contributed by atoms with van der Waals surface area (Å²) in [5.74, 6) is -0.0794. The number of likely N-dealkylation sites (N-methyl/N-ethyl adjacent to an activating group) is 1. The van der Waals surface area contributed by atoms with Crippen LogP contribution in [0.4, 0.5) is 10.1 Å². The van der Waals surface area contributed by atoms with Gasteiger partial charge in [0.25, 0.3) is 0 Å². The summed E-state index contributed by atoms with van der Waals surface area (Å²) in [6.07, 6.45) is 0.991. The molecule has 1 N–H and O–H groups in total. The molecule has 1 amide bonds. The Morgan fingerprint density at radius 1 is 1.50 bits per heavy atom. The van der Waals surface area contributed by atoms with Crippen molar-refractivity contribution >= 4 is 11.6 Å². The van der Waals surface area contributed by atoms with Crippen LogP contribution < -0.4 is 10.2 Å². The van der Waals surface area contributed by atoms with E-state index in [9.17, 15) is 9.18 Å². The van der Waals surface area contributed by atoms with E-state index in [0.29, 0.717) is 18.2 Å². The van der Waals surface area contributed by atoms with Gasteiger partial charge >= 0.3 is 0 Å². The highest BCUT2D eigenvalue weighted by molar-refractivity contribution is 5.97. The second-order valence-electron chi connectivity index (χ2n) is 4.73. The molecule has 2 atom stereocenters. The normalized spacial score (nSPS) is 23.1. The molecule has 1 aliphatic rings. The zero-order valence-electron chi connectivity index (χ0n) is 10.8. The van der Waals surface area contributed by atoms with Crippen molar-refractivity contribution in [3.63, 3.8) is 0 Å². The number of carbonyl (C=O) groups is 1. The van der Waals surface area contributed by atoms with Gasteiger partial charge in [-0.2, -0.15) is 0 Å². The predicted octanol–water partition coefficient (Wildman–Crippen LogP) is 2.18. The van der Waals surface area contributed by atoms with Crippen LogP contribution in [-0.2, 0) is 4.79 Å². The molecule has 1 heterocycles. The molecule has 1 saturated heterocycles. The SMILES string of the molecule is CCN(C(=O)C1NCCC1C)c1ccccc1F. The number of carbonyl (C=O) groups excluding carboxylic acids is 1. The molecule has 0 saturated carbocycles. The monoisotopic (exact) mass is 250 g/mol. The fourth-order valence-electron chi connectivity index (χ4n) is 2.45. The predicted molar refractivity (Wildman–Crippen MR) is 70.0 cm³/mol. The lowest BCUT2D eigenvalue weighted by atomic mass is 10.0. The first-order chi connectivity index (χ1) is 8.65. The van der Waals surface area contributed by atoms with Crippen molar-refractivity contribution in [2.75, 3.05) is 18.0 Å². The molecule has 2 unspecified atom stereocenters. The minimum atomic E-state index is -0.349. The topological polar surface area (TPSA) is 32.3 Å². The van der Waals surface area contributed by atoms with Crippen LogP contribution in [0.3, 0.4) is 0 Å². The number of halogens is 1. The fourth-order valence-corrected chi connectivity index (χ4v) is 2.45. The molecule has 1 aromatic rings. The number of hydrogen-bond acceptors (Lipinski definition) is 2. The second-order valence-corrected chi connectivity index (χ2v) is 4.73. The van der Waals surface area contributed by atoms with Crippen molar-refractivity contribution in [2.24, 2.45) is 5.92 Å². The third-order valence-electron chi connectivity index (χ3n) is 3.52. The molecule has 3 nitrogen and oxygen atoms in total. The summed E-state index contributed by atoms with van der Waals surface area (Å²) < 4.78 is 13.8. The molecule has 0 aromatic heterocycles. The average Bonchev–Trinajstić information content (AvgIpc) is 2.78. The summed E-state index contributed by atoms with van der Waals surface area (Å²) in [4.78, 5) is 14.0. The van der Waals surface area contributed by atoms with Gasteiger partial charge in [-0.25, -0.2) is 4.39 Å². The molecule has 1 aliphatic heterocycles. The molecular weight excluding hydrogens is 231 g/mol.